The standard InChI is InChI=1S/C30H34Cl2FN5O2S/c31-26-7-6-25(19-27(26)32)38(29(39)23-10-16-37(17-11-23)30(40)28-20-41-35-34-28)13-1-12-36-14-8-22(9-15-36)18-21-2-4-24(33)5-3-21/h2-7,19-20,22-23H,1,8-18H2. The highest BCUT2D eigenvalue weighted by Gasteiger charge is 2.32. The number of halogens is 3. The molecule has 3 aromatic rings. The van der Waals surface area contributed by atoms with Crippen LogP contribution in [0, 0.1) is 17.7 Å². The van der Waals surface area contributed by atoms with Crippen LogP contribution in [0.3, 0.4) is 0 Å². The molecule has 2 saturated heterocycles. The molecule has 3 heterocycles. The Bertz CT molecular complexity index is 1310. The first kappa shape index (κ1) is 29.9. The summed E-state index contributed by atoms with van der Waals surface area (Å²) in [7, 11) is 0. The summed E-state index contributed by atoms with van der Waals surface area (Å²) < 4.78 is 17.0. The van der Waals surface area contributed by atoms with Gasteiger partial charge in [-0.2, -0.15) is 0 Å². The van der Waals surface area contributed by atoms with Crippen LogP contribution in [0.5, 0.6) is 0 Å². The van der Waals surface area contributed by atoms with E-state index >= 15 is 0 Å². The Morgan fingerprint density at radius 3 is 2.37 bits per heavy atom. The van der Waals surface area contributed by atoms with Crippen molar-refractivity contribution in [3.8, 4) is 0 Å². The zero-order valence-corrected chi connectivity index (χ0v) is 25.2. The predicted octanol–water partition coefficient (Wildman–Crippen LogP) is 6.21. The summed E-state index contributed by atoms with van der Waals surface area (Å²) in [4.78, 5) is 32.5. The van der Waals surface area contributed by atoms with Gasteiger partial charge in [-0.3, -0.25) is 9.59 Å². The molecule has 2 fully saturated rings. The number of likely N-dealkylation sites (tertiary alicyclic amines) is 2. The lowest BCUT2D eigenvalue weighted by molar-refractivity contribution is -0.123. The van der Waals surface area contributed by atoms with Crippen molar-refractivity contribution in [3.63, 3.8) is 0 Å². The third-order valence-electron chi connectivity index (χ3n) is 8.19. The Hall–Kier alpha value is -2.59. The van der Waals surface area contributed by atoms with Gasteiger partial charge in [0.15, 0.2) is 5.69 Å². The summed E-state index contributed by atoms with van der Waals surface area (Å²) in [6.45, 7) is 4.55. The smallest absolute Gasteiger partial charge is 0.275 e. The summed E-state index contributed by atoms with van der Waals surface area (Å²) in [5.41, 5.74) is 2.29. The van der Waals surface area contributed by atoms with Gasteiger partial charge in [0.2, 0.25) is 5.91 Å². The lowest BCUT2D eigenvalue weighted by Crippen LogP contribution is -2.45. The van der Waals surface area contributed by atoms with Gasteiger partial charge in [0.25, 0.3) is 5.91 Å². The Morgan fingerprint density at radius 2 is 1.71 bits per heavy atom. The van der Waals surface area contributed by atoms with E-state index in [2.05, 4.69) is 14.5 Å². The SMILES string of the molecule is O=C(c1csnn1)N1CCC(C(=O)N(CCCN2CCC(Cc3ccc(F)cc3)CC2)c2ccc(Cl)c(Cl)c2)CC1. The maximum absolute atomic E-state index is 13.8. The third-order valence-corrected chi connectivity index (χ3v) is 9.44. The van der Waals surface area contributed by atoms with Crippen LogP contribution in [0.2, 0.25) is 10.0 Å². The molecule has 11 heteroatoms. The average Bonchev–Trinajstić information content (AvgIpc) is 3.54. The summed E-state index contributed by atoms with van der Waals surface area (Å²) in [5, 5.41) is 6.41. The van der Waals surface area contributed by atoms with Gasteiger partial charge in [0.1, 0.15) is 5.82 Å². The van der Waals surface area contributed by atoms with Crippen LogP contribution in [-0.2, 0) is 11.2 Å². The monoisotopic (exact) mass is 617 g/mol. The number of nitrogens with zero attached hydrogens (tertiary/aromatic N) is 5. The molecule has 0 unspecified atom stereocenters. The molecular weight excluding hydrogens is 584 g/mol. The van der Waals surface area contributed by atoms with E-state index in [0.29, 0.717) is 54.1 Å². The van der Waals surface area contributed by atoms with Crippen LogP contribution in [0.4, 0.5) is 10.1 Å². The molecule has 0 atom stereocenters. The molecule has 0 N–H and O–H groups in total. The fourth-order valence-corrected chi connectivity index (χ4v) is 6.53. The Kier molecular flexibility index (Phi) is 10.2. The largest absolute Gasteiger partial charge is 0.337 e. The lowest BCUT2D eigenvalue weighted by Gasteiger charge is -2.35. The molecule has 0 spiro atoms. The average molecular weight is 619 g/mol. The molecule has 2 aliphatic heterocycles. The fourth-order valence-electron chi connectivity index (χ4n) is 5.81. The van der Waals surface area contributed by atoms with E-state index in [-0.39, 0.29) is 23.5 Å². The fraction of sp³-hybridized carbons (Fsp3) is 0.467. The number of rotatable bonds is 9. The highest BCUT2D eigenvalue weighted by atomic mass is 35.5. The quantitative estimate of drug-likeness (QED) is 0.285. The van der Waals surface area contributed by atoms with Gasteiger partial charge in [-0.1, -0.05) is 39.8 Å². The van der Waals surface area contributed by atoms with Crippen molar-refractivity contribution in [1.29, 1.82) is 0 Å². The maximum Gasteiger partial charge on any atom is 0.275 e. The van der Waals surface area contributed by atoms with Crippen LogP contribution in [0.15, 0.2) is 47.8 Å². The van der Waals surface area contributed by atoms with Crippen LogP contribution in [0.25, 0.3) is 0 Å². The molecule has 218 valence electrons. The first-order valence-electron chi connectivity index (χ1n) is 14.2. The number of amides is 2. The number of benzene rings is 2. The van der Waals surface area contributed by atoms with E-state index in [1.807, 2.05) is 23.1 Å². The van der Waals surface area contributed by atoms with E-state index in [9.17, 15) is 14.0 Å². The van der Waals surface area contributed by atoms with Gasteiger partial charge < -0.3 is 14.7 Å². The van der Waals surface area contributed by atoms with Gasteiger partial charge >= 0.3 is 0 Å². The molecule has 5 rings (SSSR count). The number of carbonyl (C=O) groups excluding carboxylic acids is 2. The van der Waals surface area contributed by atoms with E-state index in [1.54, 1.807) is 22.4 Å². The first-order valence-corrected chi connectivity index (χ1v) is 15.8. The minimum absolute atomic E-state index is 0.0591. The Balaban J connectivity index is 1.15. The van der Waals surface area contributed by atoms with E-state index in [1.165, 1.54) is 17.7 Å². The molecular formula is C30H34Cl2FN5O2S. The number of carbonyl (C=O) groups is 2. The number of aromatic nitrogens is 2. The summed E-state index contributed by atoms with van der Waals surface area (Å²) in [5.74, 6) is 0.165. The molecule has 2 aromatic carbocycles. The third kappa shape index (κ3) is 7.83. The molecule has 1 aromatic heterocycles. The van der Waals surface area contributed by atoms with E-state index < -0.39 is 0 Å². The first-order chi connectivity index (χ1) is 19.9. The molecule has 0 saturated carbocycles. The second-order valence-corrected chi connectivity index (χ2v) is 12.3. The van der Waals surface area contributed by atoms with Gasteiger partial charge in [-0.15, -0.1) is 5.10 Å². The van der Waals surface area contributed by atoms with Crippen LogP contribution < -0.4 is 4.90 Å². The van der Waals surface area contributed by atoms with Crippen LogP contribution >= 0.6 is 34.7 Å². The number of anilines is 1. The van der Waals surface area contributed by atoms with Crippen molar-refractivity contribution in [2.75, 3.05) is 44.2 Å². The second kappa shape index (κ2) is 14.1. The number of piperidine rings is 2. The van der Waals surface area contributed by atoms with E-state index in [4.69, 9.17) is 23.2 Å². The van der Waals surface area contributed by atoms with Crippen molar-refractivity contribution >= 4 is 52.2 Å². The Labute approximate surface area is 254 Å². The molecule has 2 aliphatic rings. The second-order valence-electron chi connectivity index (χ2n) is 10.9. The molecule has 41 heavy (non-hydrogen) atoms. The number of hydrogen-bond acceptors (Lipinski definition) is 6. The van der Waals surface area contributed by atoms with Crippen molar-refractivity contribution in [2.45, 2.75) is 38.5 Å². The molecule has 7 nitrogen and oxygen atoms in total. The lowest BCUT2D eigenvalue weighted by atomic mass is 9.90. The number of hydrogen-bond donors (Lipinski definition) is 0. The van der Waals surface area contributed by atoms with Crippen LogP contribution in [-0.4, -0.2) is 70.5 Å². The maximum atomic E-state index is 13.8. The minimum Gasteiger partial charge on any atom is -0.337 e. The normalized spacial score (nSPS) is 17.1. The topological polar surface area (TPSA) is 69.6 Å². The van der Waals surface area contributed by atoms with Gasteiger partial charge in [-0.25, -0.2) is 4.39 Å². The zero-order chi connectivity index (χ0) is 28.8. The predicted molar refractivity (Wildman–Crippen MR) is 161 cm³/mol. The molecule has 2 amide bonds. The summed E-state index contributed by atoms with van der Waals surface area (Å²) in [6, 6.07) is 12.2. The van der Waals surface area contributed by atoms with Gasteiger partial charge in [0.05, 0.1) is 10.0 Å². The zero-order valence-electron chi connectivity index (χ0n) is 22.9. The van der Waals surface area contributed by atoms with Crippen molar-refractivity contribution in [1.82, 2.24) is 19.4 Å². The molecule has 0 aliphatic carbocycles. The summed E-state index contributed by atoms with van der Waals surface area (Å²) >= 11 is 13.7. The van der Waals surface area contributed by atoms with Gasteiger partial charge in [0, 0.05) is 36.6 Å². The minimum atomic E-state index is -0.193. The highest BCUT2D eigenvalue weighted by Crippen LogP contribution is 2.30. The van der Waals surface area contributed by atoms with Crippen molar-refractivity contribution < 1.29 is 14.0 Å². The van der Waals surface area contributed by atoms with E-state index in [0.717, 1.165) is 62.5 Å². The molecule has 0 radical (unpaired) electrons. The highest BCUT2D eigenvalue weighted by molar-refractivity contribution is 7.03. The van der Waals surface area contributed by atoms with Gasteiger partial charge in [-0.05, 0) is 112 Å². The van der Waals surface area contributed by atoms with Crippen molar-refractivity contribution in [3.05, 3.63) is 75.0 Å². The Morgan fingerprint density at radius 1 is 0.976 bits per heavy atom. The van der Waals surface area contributed by atoms with Crippen LogP contribution in [0.1, 0.15) is 48.2 Å². The molecule has 0 bridgehead atoms. The van der Waals surface area contributed by atoms with Crippen molar-refractivity contribution in [2.24, 2.45) is 11.8 Å². The summed E-state index contributed by atoms with van der Waals surface area (Å²) in [6.07, 6.45) is 5.24.